The van der Waals surface area contributed by atoms with Crippen molar-refractivity contribution in [2.75, 3.05) is 6.54 Å². The van der Waals surface area contributed by atoms with Gasteiger partial charge in [0.25, 0.3) is 0 Å². The summed E-state index contributed by atoms with van der Waals surface area (Å²) >= 11 is 0. The largest absolute Gasteiger partial charge is 0.312 e. The van der Waals surface area contributed by atoms with Crippen molar-refractivity contribution in [1.29, 1.82) is 0 Å². The fraction of sp³-hybridized carbons (Fsp3) is 0.455. The fourth-order valence-corrected chi connectivity index (χ4v) is 1.22. The number of hydrogen-bond acceptors (Lipinski definition) is 1. The van der Waals surface area contributed by atoms with E-state index in [9.17, 15) is 8.78 Å². The van der Waals surface area contributed by atoms with Crippen LogP contribution in [0.5, 0.6) is 0 Å². The third-order valence-electron chi connectivity index (χ3n) is 1.80. The van der Waals surface area contributed by atoms with E-state index in [-0.39, 0.29) is 0 Å². The molecule has 0 unspecified atom stereocenters. The normalized spacial score (nSPS) is 10.9. The van der Waals surface area contributed by atoms with E-state index in [1.54, 1.807) is 0 Å². The van der Waals surface area contributed by atoms with Crippen molar-refractivity contribution in [3.05, 3.63) is 35.4 Å². The highest BCUT2D eigenvalue weighted by molar-refractivity contribution is 5.17. The molecule has 0 aliphatic heterocycles. The Morgan fingerprint density at radius 3 is 2.21 bits per heavy atom. The zero-order chi connectivity index (χ0) is 10.6. The van der Waals surface area contributed by atoms with Gasteiger partial charge in [-0.05, 0) is 30.2 Å². The molecular weight excluding hydrogens is 184 g/mol. The molecule has 0 aliphatic rings. The van der Waals surface area contributed by atoms with E-state index in [0.29, 0.717) is 18.0 Å². The van der Waals surface area contributed by atoms with Crippen molar-refractivity contribution >= 4 is 0 Å². The summed E-state index contributed by atoms with van der Waals surface area (Å²) in [6.07, 6.45) is 0. The third-order valence-corrected chi connectivity index (χ3v) is 1.80. The SMILES string of the molecule is CC(C)CNCc1cc(F)cc(F)c1. The van der Waals surface area contributed by atoms with E-state index in [2.05, 4.69) is 19.2 Å². The van der Waals surface area contributed by atoms with Gasteiger partial charge in [-0.1, -0.05) is 13.8 Å². The highest BCUT2D eigenvalue weighted by Crippen LogP contribution is 2.07. The van der Waals surface area contributed by atoms with Gasteiger partial charge in [0.2, 0.25) is 0 Å². The maximum Gasteiger partial charge on any atom is 0.126 e. The quantitative estimate of drug-likeness (QED) is 0.786. The molecule has 0 amide bonds. The van der Waals surface area contributed by atoms with Crippen molar-refractivity contribution in [3.63, 3.8) is 0 Å². The first-order valence-corrected chi connectivity index (χ1v) is 4.73. The summed E-state index contributed by atoms with van der Waals surface area (Å²) in [5.41, 5.74) is 0.642. The van der Waals surface area contributed by atoms with Gasteiger partial charge in [0.05, 0.1) is 0 Å². The van der Waals surface area contributed by atoms with Gasteiger partial charge >= 0.3 is 0 Å². The smallest absolute Gasteiger partial charge is 0.126 e. The Labute approximate surface area is 83.1 Å². The second kappa shape index (κ2) is 5.05. The molecule has 1 aromatic rings. The Balaban J connectivity index is 2.50. The highest BCUT2D eigenvalue weighted by Gasteiger charge is 2.00. The zero-order valence-corrected chi connectivity index (χ0v) is 8.48. The average molecular weight is 199 g/mol. The first kappa shape index (κ1) is 11.1. The second-order valence-electron chi connectivity index (χ2n) is 3.80. The van der Waals surface area contributed by atoms with Gasteiger partial charge in [-0.25, -0.2) is 8.78 Å². The summed E-state index contributed by atoms with van der Waals surface area (Å²) < 4.78 is 25.5. The van der Waals surface area contributed by atoms with Crippen molar-refractivity contribution in [1.82, 2.24) is 5.32 Å². The predicted octanol–water partition coefficient (Wildman–Crippen LogP) is 2.71. The van der Waals surface area contributed by atoms with Crippen LogP contribution >= 0.6 is 0 Å². The number of nitrogens with one attached hydrogen (secondary N) is 1. The molecule has 0 saturated heterocycles. The highest BCUT2D eigenvalue weighted by atomic mass is 19.1. The molecular formula is C11H15F2N. The third kappa shape index (κ3) is 3.83. The van der Waals surface area contributed by atoms with Gasteiger partial charge in [0.15, 0.2) is 0 Å². The number of rotatable bonds is 4. The standard InChI is InChI=1S/C11H15F2N/c1-8(2)6-14-7-9-3-10(12)5-11(13)4-9/h3-5,8,14H,6-7H2,1-2H3. The Hall–Kier alpha value is -0.960. The summed E-state index contributed by atoms with van der Waals surface area (Å²) in [6.45, 7) is 5.52. The van der Waals surface area contributed by atoms with E-state index >= 15 is 0 Å². The van der Waals surface area contributed by atoms with Crippen molar-refractivity contribution < 1.29 is 8.78 Å². The van der Waals surface area contributed by atoms with Crippen LogP contribution in [0.15, 0.2) is 18.2 Å². The first-order valence-electron chi connectivity index (χ1n) is 4.73. The van der Waals surface area contributed by atoms with E-state index in [1.165, 1.54) is 12.1 Å². The van der Waals surface area contributed by atoms with Crippen LogP contribution in [0.4, 0.5) is 8.78 Å². The minimum atomic E-state index is -0.522. The van der Waals surface area contributed by atoms with Crippen molar-refractivity contribution in [3.8, 4) is 0 Å². The Morgan fingerprint density at radius 1 is 1.14 bits per heavy atom. The Morgan fingerprint density at radius 2 is 1.71 bits per heavy atom. The van der Waals surface area contributed by atoms with E-state index in [1.807, 2.05) is 0 Å². The average Bonchev–Trinajstić information content (AvgIpc) is 2.01. The van der Waals surface area contributed by atoms with Crippen molar-refractivity contribution in [2.24, 2.45) is 5.92 Å². The molecule has 0 fully saturated rings. The topological polar surface area (TPSA) is 12.0 Å². The predicted molar refractivity (Wildman–Crippen MR) is 52.9 cm³/mol. The molecule has 78 valence electrons. The number of halogens is 2. The minimum absolute atomic E-state index is 0.507. The van der Waals surface area contributed by atoms with E-state index in [0.717, 1.165) is 12.6 Å². The van der Waals surface area contributed by atoms with E-state index in [4.69, 9.17) is 0 Å². The molecule has 0 heterocycles. The molecule has 1 aromatic carbocycles. The summed E-state index contributed by atoms with van der Waals surface area (Å²) in [4.78, 5) is 0. The van der Waals surface area contributed by atoms with Crippen LogP contribution in [0.25, 0.3) is 0 Å². The Kier molecular flexibility index (Phi) is 4.01. The first-order chi connectivity index (χ1) is 6.58. The van der Waals surface area contributed by atoms with Crippen LogP contribution < -0.4 is 5.32 Å². The van der Waals surface area contributed by atoms with Gasteiger partial charge in [-0.3, -0.25) is 0 Å². The van der Waals surface area contributed by atoms with Gasteiger partial charge in [0, 0.05) is 12.6 Å². The molecule has 14 heavy (non-hydrogen) atoms. The van der Waals surface area contributed by atoms with Crippen LogP contribution in [0.2, 0.25) is 0 Å². The molecule has 0 bridgehead atoms. The van der Waals surface area contributed by atoms with Crippen LogP contribution in [-0.4, -0.2) is 6.54 Å². The summed E-state index contributed by atoms with van der Waals surface area (Å²) in [5, 5.41) is 3.12. The summed E-state index contributed by atoms with van der Waals surface area (Å²) in [5.74, 6) is -0.508. The van der Waals surface area contributed by atoms with Crippen LogP contribution in [0, 0.1) is 17.6 Å². The molecule has 0 saturated carbocycles. The molecule has 0 aromatic heterocycles. The summed E-state index contributed by atoms with van der Waals surface area (Å²) in [7, 11) is 0. The van der Waals surface area contributed by atoms with Gasteiger partial charge in [-0.15, -0.1) is 0 Å². The van der Waals surface area contributed by atoms with Crippen LogP contribution in [0.3, 0.4) is 0 Å². The molecule has 0 spiro atoms. The summed E-state index contributed by atoms with van der Waals surface area (Å²) in [6, 6.07) is 3.57. The zero-order valence-electron chi connectivity index (χ0n) is 8.48. The molecule has 1 nitrogen and oxygen atoms in total. The number of hydrogen-bond donors (Lipinski definition) is 1. The van der Waals surface area contributed by atoms with Crippen LogP contribution in [-0.2, 0) is 6.54 Å². The maximum atomic E-state index is 12.7. The second-order valence-corrected chi connectivity index (χ2v) is 3.80. The lowest BCUT2D eigenvalue weighted by atomic mass is 10.2. The molecule has 0 aliphatic carbocycles. The van der Waals surface area contributed by atoms with Crippen molar-refractivity contribution in [2.45, 2.75) is 20.4 Å². The maximum absolute atomic E-state index is 12.7. The lowest BCUT2D eigenvalue weighted by Gasteiger charge is -2.07. The number of benzene rings is 1. The molecule has 0 radical (unpaired) electrons. The van der Waals surface area contributed by atoms with Crippen LogP contribution in [0.1, 0.15) is 19.4 Å². The molecule has 1 N–H and O–H groups in total. The fourth-order valence-electron chi connectivity index (χ4n) is 1.22. The lowest BCUT2D eigenvalue weighted by molar-refractivity contribution is 0.543. The van der Waals surface area contributed by atoms with Gasteiger partial charge in [-0.2, -0.15) is 0 Å². The molecule has 0 atom stereocenters. The Bertz CT molecular complexity index is 277. The van der Waals surface area contributed by atoms with Gasteiger partial charge < -0.3 is 5.32 Å². The minimum Gasteiger partial charge on any atom is -0.312 e. The molecule has 3 heteroatoms. The van der Waals surface area contributed by atoms with E-state index < -0.39 is 11.6 Å². The van der Waals surface area contributed by atoms with Gasteiger partial charge in [0.1, 0.15) is 11.6 Å². The lowest BCUT2D eigenvalue weighted by Crippen LogP contribution is -2.19. The monoisotopic (exact) mass is 199 g/mol. The molecule has 1 rings (SSSR count).